The highest BCUT2D eigenvalue weighted by Crippen LogP contribution is 2.28. The third-order valence-corrected chi connectivity index (χ3v) is 5.58. The third-order valence-electron chi connectivity index (χ3n) is 5.58. The van der Waals surface area contributed by atoms with Gasteiger partial charge in [0.2, 0.25) is 5.91 Å². The summed E-state index contributed by atoms with van der Waals surface area (Å²) >= 11 is 0. The van der Waals surface area contributed by atoms with Crippen LogP contribution in [-0.4, -0.2) is 29.1 Å². The summed E-state index contributed by atoms with van der Waals surface area (Å²) < 4.78 is 7.85. The Morgan fingerprint density at radius 1 is 1.10 bits per heavy atom. The van der Waals surface area contributed by atoms with Crippen LogP contribution in [0.1, 0.15) is 43.5 Å². The van der Waals surface area contributed by atoms with Crippen LogP contribution in [0.3, 0.4) is 0 Å². The van der Waals surface area contributed by atoms with Crippen LogP contribution in [0.4, 0.5) is 0 Å². The van der Waals surface area contributed by atoms with E-state index in [4.69, 9.17) is 9.72 Å². The van der Waals surface area contributed by atoms with Crippen molar-refractivity contribution < 1.29 is 9.53 Å². The Hall–Kier alpha value is -2.82. The molecule has 4 rings (SSSR count). The molecule has 1 amide bonds. The lowest BCUT2D eigenvalue weighted by atomic mass is 10.1. The molecule has 0 radical (unpaired) electrons. The predicted molar refractivity (Wildman–Crippen MR) is 115 cm³/mol. The highest BCUT2D eigenvalue weighted by molar-refractivity contribution is 5.80. The predicted octanol–water partition coefficient (Wildman–Crippen LogP) is 4.33. The lowest BCUT2D eigenvalue weighted by Crippen LogP contribution is -2.25. The van der Waals surface area contributed by atoms with Gasteiger partial charge in [0.1, 0.15) is 11.6 Å². The molecule has 1 heterocycles. The zero-order chi connectivity index (χ0) is 20.1. The monoisotopic (exact) mass is 391 g/mol. The van der Waals surface area contributed by atoms with Crippen LogP contribution in [0.5, 0.6) is 5.75 Å². The molecule has 1 aromatic heterocycles. The molecule has 1 saturated carbocycles. The minimum absolute atomic E-state index is 0.239. The Kier molecular flexibility index (Phi) is 6.13. The van der Waals surface area contributed by atoms with Crippen LogP contribution in [0, 0.1) is 5.92 Å². The fourth-order valence-corrected chi connectivity index (χ4v) is 3.78. The molecule has 2 aromatic carbocycles. The van der Waals surface area contributed by atoms with Crippen molar-refractivity contribution in [2.45, 2.75) is 45.1 Å². The Morgan fingerprint density at radius 2 is 1.90 bits per heavy atom. The van der Waals surface area contributed by atoms with Crippen LogP contribution < -0.4 is 10.1 Å². The number of imidazole rings is 1. The largest absolute Gasteiger partial charge is 0.496 e. The minimum Gasteiger partial charge on any atom is -0.496 e. The average Bonchev–Trinajstić information content (AvgIpc) is 3.55. The van der Waals surface area contributed by atoms with Crippen LogP contribution >= 0.6 is 0 Å². The topological polar surface area (TPSA) is 56.1 Å². The summed E-state index contributed by atoms with van der Waals surface area (Å²) in [5.41, 5.74) is 3.35. The van der Waals surface area contributed by atoms with E-state index in [2.05, 4.69) is 34.1 Å². The quantitative estimate of drug-likeness (QED) is 0.523. The molecule has 5 nitrogen and oxygen atoms in total. The van der Waals surface area contributed by atoms with Crippen LogP contribution in [-0.2, 0) is 17.8 Å². The van der Waals surface area contributed by atoms with Gasteiger partial charge in [0.05, 0.1) is 24.7 Å². The second-order valence-corrected chi connectivity index (χ2v) is 7.79. The first kappa shape index (κ1) is 19.5. The lowest BCUT2D eigenvalue weighted by molar-refractivity contribution is -0.122. The van der Waals surface area contributed by atoms with E-state index < -0.39 is 0 Å². The van der Waals surface area contributed by atoms with Gasteiger partial charge in [0.15, 0.2) is 0 Å². The molecule has 0 unspecified atom stereocenters. The highest BCUT2D eigenvalue weighted by Gasteiger charge is 2.28. The van der Waals surface area contributed by atoms with Crippen molar-refractivity contribution in [2.75, 3.05) is 13.7 Å². The van der Waals surface area contributed by atoms with E-state index in [1.54, 1.807) is 7.11 Å². The second kappa shape index (κ2) is 9.12. The first-order valence-corrected chi connectivity index (χ1v) is 10.6. The van der Waals surface area contributed by atoms with Gasteiger partial charge in [0.25, 0.3) is 0 Å². The average molecular weight is 392 g/mol. The van der Waals surface area contributed by atoms with E-state index >= 15 is 0 Å². The van der Waals surface area contributed by atoms with Crippen LogP contribution in [0.25, 0.3) is 11.0 Å². The molecule has 1 aliphatic carbocycles. The molecule has 5 heteroatoms. The van der Waals surface area contributed by atoms with Gasteiger partial charge in [-0.15, -0.1) is 0 Å². The van der Waals surface area contributed by atoms with Crippen LogP contribution in [0.15, 0.2) is 48.5 Å². The maximum Gasteiger partial charge on any atom is 0.223 e. The summed E-state index contributed by atoms with van der Waals surface area (Å²) in [7, 11) is 1.72. The van der Waals surface area contributed by atoms with Crippen LogP contribution in [0.2, 0.25) is 0 Å². The Labute approximate surface area is 172 Å². The van der Waals surface area contributed by atoms with Gasteiger partial charge < -0.3 is 14.6 Å². The number of hydrogen-bond acceptors (Lipinski definition) is 3. The first-order chi connectivity index (χ1) is 14.3. The molecular formula is C24H29N3O2. The van der Waals surface area contributed by atoms with Gasteiger partial charge in [-0.05, 0) is 43.9 Å². The lowest BCUT2D eigenvalue weighted by Gasteiger charge is -2.12. The summed E-state index contributed by atoms with van der Waals surface area (Å²) in [6.07, 6.45) is 6.23. The number of carbonyl (C=O) groups excluding carboxylic acids is 1. The molecule has 0 spiro atoms. The van der Waals surface area contributed by atoms with E-state index in [0.717, 1.165) is 79.8 Å². The number of nitrogens with zero attached hydrogens (tertiary/aromatic N) is 2. The van der Waals surface area contributed by atoms with E-state index in [9.17, 15) is 4.79 Å². The molecule has 1 N–H and O–H groups in total. The van der Waals surface area contributed by atoms with Crippen molar-refractivity contribution in [1.29, 1.82) is 0 Å². The number of benzene rings is 2. The number of carbonyl (C=O) groups is 1. The van der Waals surface area contributed by atoms with E-state index in [-0.39, 0.29) is 5.91 Å². The second-order valence-electron chi connectivity index (χ2n) is 7.79. The zero-order valence-corrected chi connectivity index (χ0v) is 17.1. The first-order valence-electron chi connectivity index (χ1n) is 10.6. The molecule has 152 valence electrons. The van der Waals surface area contributed by atoms with E-state index in [0.29, 0.717) is 5.92 Å². The normalized spacial score (nSPS) is 13.6. The number of unbranched alkanes of at least 4 members (excludes halogenated alkanes) is 2. The molecule has 0 atom stereocenters. The van der Waals surface area contributed by atoms with Gasteiger partial charge in [-0.2, -0.15) is 0 Å². The molecular weight excluding hydrogens is 362 g/mol. The molecule has 0 aliphatic heterocycles. The number of rotatable bonds is 10. The maximum atomic E-state index is 11.7. The van der Waals surface area contributed by atoms with Gasteiger partial charge >= 0.3 is 0 Å². The van der Waals surface area contributed by atoms with Crippen molar-refractivity contribution in [3.63, 3.8) is 0 Å². The molecule has 1 aliphatic rings. The van der Waals surface area contributed by atoms with Gasteiger partial charge in [0, 0.05) is 24.4 Å². The number of fused-ring (bicyclic) bond motifs is 1. The van der Waals surface area contributed by atoms with Crippen molar-refractivity contribution in [1.82, 2.24) is 14.9 Å². The fourth-order valence-electron chi connectivity index (χ4n) is 3.78. The zero-order valence-electron chi connectivity index (χ0n) is 17.1. The van der Waals surface area contributed by atoms with Crippen molar-refractivity contribution >= 4 is 16.9 Å². The molecule has 29 heavy (non-hydrogen) atoms. The smallest absolute Gasteiger partial charge is 0.223 e. The number of aryl methyl sites for hydroxylation is 1. The summed E-state index contributed by atoms with van der Waals surface area (Å²) in [6.45, 7) is 1.53. The summed E-state index contributed by atoms with van der Waals surface area (Å²) in [5.74, 6) is 2.55. The van der Waals surface area contributed by atoms with Gasteiger partial charge in [-0.1, -0.05) is 36.8 Å². The van der Waals surface area contributed by atoms with Gasteiger partial charge in [-0.3, -0.25) is 4.79 Å². The number of methoxy groups -OCH3 is 1. The molecule has 0 saturated heterocycles. The van der Waals surface area contributed by atoms with E-state index in [1.165, 1.54) is 0 Å². The summed E-state index contributed by atoms with van der Waals surface area (Å²) in [4.78, 5) is 16.6. The molecule has 1 fully saturated rings. The Bertz CT molecular complexity index is 975. The fraction of sp³-hybridized carbons (Fsp3) is 0.417. The number of ether oxygens (including phenoxy) is 1. The Balaban J connectivity index is 1.40. The van der Waals surface area contributed by atoms with Crippen molar-refractivity contribution in [3.05, 3.63) is 59.9 Å². The van der Waals surface area contributed by atoms with Crippen molar-refractivity contribution in [2.24, 2.45) is 5.92 Å². The number of amides is 1. The van der Waals surface area contributed by atoms with Gasteiger partial charge in [-0.25, -0.2) is 4.98 Å². The number of hydrogen-bond donors (Lipinski definition) is 1. The Morgan fingerprint density at radius 3 is 2.72 bits per heavy atom. The summed E-state index contributed by atoms with van der Waals surface area (Å²) in [5, 5.41) is 3.05. The van der Waals surface area contributed by atoms with Crippen molar-refractivity contribution in [3.8, 4) is 5.75 Å². The highest BCUT2D eigenvalue weighted by atomic mass is 16.5. The number of para-hydroxylation sites is 3. The summed E-state index contributed by atoms with van der Waals surface area (Å²) in [6, 6.07) is 16.5. The number of nitrogens with one attached hydrogen (secondary N) is 1. The third kappa shape index (κ3) is 4.78. The SMILES string of the molecule is COc1ccccc1Cn1c(CCCCCNC(=O)C2CC2)nc2ccccc21. The molecule has 3 aromatic rings. The standard InChI is InChI=1S/C24H29N3O2/c1-29-22-12-7-4-9-19(22)17-27-21-11-6-5-10-20(21)26-23(27)13-3-2-8-16-25-24(28)18-14-15-18/h4-7,9-12,18H,2-3,8,13-17H2,1H3,(H,25,28). The maximum absolute atomic E-state index is 11.7. The van der Waals surface area contributed by atoms with E-state index in [1.807, 2.05) is 24.3 Å². The number of aromatic nitrogens is 2. The molecule has 0 bridgehead atoms. The minimum atomic E-state index is 0.239.